The number of benzene rings is 2. The number of carbonyl (C=O) groups excluding carboxylic acids is 2. The fourth-order valence-electron chi connectivity index (χ4n) is 3.78. The molecule has 2 aromatic rings. The second-order valence-electron chi connectivity index (χ2n) is 7.86. The molecule has 0 unspecified atom stereocenters. The molecule has 1 saturated heterocycles. The normalized spacial score (nSPS) is 14.1. The minimum absolute atomic E-state index is 0.00315. The van der Waals surface area contributed by atoms with Gasteiger partial charge in [0.2, 0.25) is 5.91 Å². The molecule has 166 valence electrons. The van der Waals surface area contributed by atoms with E-state index in [0.29, 0.717) is 31.2 Å². The van der Waals surface area contributed by atoms with Gasteiger partial charge in [-0.3, -0.25) is 4.79 Å². The summed E-state index contributed by atoms with van der Waals surface area (Å²) in [5.74, 6) is 1.94. The molecule has 0 aromatic heterocycles. The van der Waals surface area contributed by atoms with Crippen molar-refractivity contribution in [1.82, 2.24) is 4.90 Å². The Morgan fingerprint density at radius 3 is 2.39 bits per heavy atom. The molecular formula is C24H31N3O4. The highest BCUT2D eigenvalue weighted by molar-refractivity contribution is 5.91. The molecule has 0 bridgehead atoms. The fourth-order valence-corrected chi connectivity index (χ4v) is 3.78. The quantitative estimate of drug-likeness (QED) is 0.675. The molecule has 0 atom stereocenters. The molecule has 3 rings (SSSR count). The molecule has 2 aromatic carbocycles. The predicted octanol–water partition coefficient (Wildman–Crippen LogP) is 4.68. The second kappa shape index (κ2) is 10.7. The Labute approximate surface area is 183 Å². The van der Waals surface area contributed by atoms with Crippen molar-refractivity contribution < 1.29 is 19.1 Å². The van der Waals surface area contributed by atoms with Crippen molar-refractivity contribution in [3.8, 4) is 11.5 Å². The van der Waals surface area contributed by atoms with Crippen molar-refractivity contribution in [2.75, 3.05) is 37.9 Å². The number of hydrogen-bond acceptors (Lipinski definition) is 4. The molecule has 1 aliphatic rings. The van der Waals surface area contributed by atoms with E-state index >= 15 is 0 Å². The average Bonchev–Trinajstić information content (AvgIpc) is 2.79. The zero-order valence-corrected chi connectivity index (χ0v) is 18.4. The summed E-state index contributed by atoms with van der Waals surface area (Å²) in [6.07, 6.45) is 3.10. The average molecular weight is 426 g/mol. The minimum Gasteiger partial charge on any atom is -0.497 e. The van der Waals surface area contributed by atoms with Gasteiger partial charge in [0, 0.05) is 37.0 Å². The number of nitrogens with one attached hydrogen (secondary N) is 2. The zero-order valence-electron chi connectivity index (χ0n) is 18.4. The summed E-state index contributed by atoms with van der Waals surface area (Å²) in [4.78, 5) is 26.7. The van der Waals surface area contributed by atoms with E-state index in [2.05, 4.69) is 10.6 Å². The van der Waals surface area contributed by atoms with Crippen LogP contribution in [0, 0.1) is 12.8 Å². The lowest BCUT2D eigenvalue weighted by molar-refractivity contribution is -0.116. The summed E-state index contributed by atoms with van der Waals surface area (Å²) in [6, 6.07) is 12.9. The number of piperidine rings is 1. The first-order chi connectivity index (χ1) is 15.0. The third-order valence-corrected chi connectivity index (χ3v) is 5.71. The summed E-state index contributed by atoms with van der Waals surface area (Å²) in [6.45, 7) is 3.34. The number of anilines is 2. The highest BCUT2D eigenvalue weighted by Crippen LogP contribution is 2.25. The number of aryl methyl sites for hydroxylation is 1. The Balaban J connectivity index is 1.41. The Hall–Kier alpha value is -3.22. The van der Waals surface area contributed by atoms with Crippen molar-refractivity contribution in [3.63, 3.8) is 0 Å². The van der Waals surface area contributed by atoms with Gasteiger partial charge in [0.25, 0.3) is 0 Å². The number of carbonyl (C=O) groups is 2. The first-order valence-corrected chi connectivity index (χ1v) is 10.6. The Morgan fingerprint density at radius 2 is 1.71 bits per heavy atom. The molecular weight excluding hydrogens is 394 g/mol. The van der Waals surface area contributed by atoms with E-state index < -0.39 is 0 Å². The number of nitrogens with zero attached hydrogens (tertiary/aromatic N) is 1. The summed E-state index contributed by atoms with van der Waals surface area (Å²) in [7, 11) is 3.23. The molecule has 31 heavy (non-hydrogen) atoms. The third kappa shape index (κ3) is 6.38. The minimum atomic E-state index is -0.0810. The van der Waals surface area contributed by atoms with E-state index in [-0.39, 0.29) is 11.9 Å². The van der Waals surface area contributed by atoms with E-state index in [1.54, 1.807) is 20.3 Å². The van der Waals surface area contributed by atoms with Gasteiger partial charge in [-0.1, -0.05) is 6.07 Å². The third-order valence-electron chi connectivity index (χ3n) is 5.71. The first kappa shape index (κ1) is 22.5. The van der Waals surface area contributed by atoms with E-state index in [9.17, 15) is 9.59 Å². The molecule has 2 N–H and O–H groups in total. The van der Waals surface area contributed by atoms with Gasteiger partial charge >= 0.3 is 6.03 Å². The smallest absolute Gasteiger partial charge is 0.321 e. The monoisotopic (exact) mass is 425 g/mol. The predicted molar refractivity (Wildman–Crippen MR) is 122 cm³/mol. The number of methoxy groups -OCH3 is 2. The summed E-state index contributed by atoms with van der Waals surface area (Å²) in [5.41, 5.74) is 2.50. The number of ether oxygens (including phenoxy) is 2. The highest BCUT2D eigenvalue weighted by atomic mass is 16.5. The topological polar surface area (TPSA) is 79.9 Å². The zero-order chi connectivity index (χ0) is 22.2. The number of likely N-dealkylation sites (tertiary alicyclic amines) is 1. The van der Waals surface area contributed by atoms with Gasteiger partial charge in [0.1, 0.15) is 11.5 Å². The standard InChI is InChI=1S/C24H31N3O4/c1-17-15-21(31-3)8-9-22(17)26-24(29)27-13-11-18(12-14-27)7-10-23(28)25-19-5-4-6-20(16-19)30-2/h4-6,8-9,15-16,18H,7,10-14H2,1-3H3,(H,25,28)(H,26,29). The number of hydrogen-bond donors (Lipinski definition) is 2. The van der Waals surface area contributed by atoms with Gasteiger partial charge in [0.05, 0.1) is 14.2 Å². The van der Waals surface area contributed by atoms with Crippen LogP contribution in [0.25, 0.3) is 0 Å². The van der Waals surface area contributed by atoms with Gasteiger partial charge in [-0.05, 0) is 68.0 Å². The lowest BCUT2D eigenvalue weighted by atomic mass is 9.92. The van der Waals surface area contributed by atoms with E-state index in [0.717, 1.165) is 42.0 Å². The molecule has 0 saturated carbocycles. The molecule has 0 spiro atoms. The van der Waals surface area contributed by atoms with Crippen LogP contribution in [0.1, 0.15) is 31.2 Å². The number of urea groups is 1. The number of rotatable bonds is 7. The molecule has 1 heterocycles. The lowest BCUT2D eigenvalue weighted by Gasteiger charge is -2.32. The lowest BCUT2D eigenvalue weighted by Crippen LogP contribution is -2.41. The maximum Gasteiger partial charge on any atom is 0.321 e. The van der Waals surface area contributed by atoms with E-state index in [4.69, 9.17) is 9.47 Å². The van der Waals surface area contributed by atoms with Gasteiger partial charge < -0.3 is 25.0 Å². The van der Waals surface area contributed by atoms with Crippen molar-refractivity contribution in [3.05, 3.63) is 48.0 Å². The summed E-state index contributed by atoms with van der Waals surface area (Å²) in [5, 5.41) is 5.91. The maximum atomic E-state index is 12.6. The van der Waals surface area contributed by atoms with Crippen molar-refractivity contribution in [2.24, 2.45) is 5.92 Å². The van der Waals surface area contributed by atoms with Crippen LogP contribution in [0.5, 0.6) is 11.5 Å². The van der Waals surface area contributed by atoms with Crippen LogP contribution in [-0.4, -0.2) is 44.1 Å². The first-order valence-electron chi connectivity index (χ1n) is 10.6. The van der Waals surface area contributed by atoms with Crippen molar-refractivity contribution in [2.45, 2.75) is 32.6 Å². The summed E-state index contributed by atoms with van der Waals surface area (Å²) >= 11 is 0. The molecule has 7 nitrogen and oxygen atoms in total. The van der Waals surface area contributed by atoms with Gasteiger partial charge in [-0.25, -0.2) is 4.79 Å². The Kier molecular flexibility index (Phi) is 7.76. The summed E-state index contributed by atoms with van der Waals surface area (Å²) < 4.78 is 10.4. The van der Waals surface area contributed by atoms with Gasteiger partial charge in [-0.2, -0.15) is 0 Å². The van der Waals surface area contributed by atoms with Crippen LogP contribution in [0.15, 0.2) is 42.5 Å². The molecule has 1 aliphatic heterocycles. The van der Waals surface area contributed by atoms with Crippen LogP contribution in [0.3, 0.4) is 0 Å². The molecule has 3 amide bonds. The molecule has 0 aliphatic carbocycles. The van der Waals surface area contributed by atoms with Crippen LogP contribution < -0.4 is 20.1 Å². The van der Waals surface area contributed by atoms with Gasteiger partial charge in [0.15, 0.2) is 0 Å². The molecule has 0 radical (unpaired) electrons. The van der Waals surface area contributed by atoms with Crippen molar-refractivity contribution in [1.29, 1.82) is 0 Å². The van der Waals surface area contributed by atoms with Crippen LogP contribution in [0.4, 0.5) is 16.2 Å². The number of amides is 3. The molecule has 7 heteroatoms. The highest BCUT2D eigenvalue weighted by Gasteiger charge is 2.23. The Bertz CT molecular complexity index is 907. The Morgan fingerprint density at radius 1 is 1.00 bits per heavy atom. The van der Waals surface area contributed by atoms with Crippen LogP contribution >= 0.6 is 0 Å². The largest absolute Gasteiger partial charge is 0.497 e. The maximum absolute atomic E-state index is 12.6. The fraction of sp³-hybridized carbons (Fsp3) is 0.417. The SMILES string of the molecule is COc1cccc(NC(=O)CCC2CCN(C(=O)Nc3ccc(OC)cc3C)CC2)c1. The second-order valence-corrected chi connectivity index (χ2v) is 7.86. The van der Waals surface area contributed by atoms with E-state index in [1.807, 2.05) is 48.2 Å². The molecule has 1 fully saturated rings. The van der Waals surface area contributed by atoms with E-state index in [1.165, 1.54) is 0 Å². The van der Waals surface area contributed by atoms with Crippen LogP contribution in [-0.2, 0) is 4.79 Å². The van der Waals surface area contributed by atoms with Crippen molar-refractivity contribution >= 4 is 23.3 Å². The van der Waals surface area contributed by atoms with Crippen LogP contribution in [0.2, 0.25) is 0 Å². The van der Waals surface area contributed by atoms with Gasteiger partial charge in [-0.15, -0.1) is 0 Å².